The molecule has 0 heterocycles. The quantitative estimate of drug-likeness (QED) is 0.604. The summed E-state index contributed by atoms with van der Waals surface area (Å²) in [5, 5.41) is 9.62. The second-order valence-corrected chi connectivity index (χ2v) is 7.21. The van der Waals surface area contributed by atoms with Crippen LogP contribution in [0.5, 0.6) is 5.75 Å². The molecule has 0 aliphatic heterocycles. The molecule has 0 spiro atoms. The molecule has 0 saturated heterocycles. The zero-order valence-electron chi connectivity index (χ0n) is 14.4. The van der Waals surface area contributed by atoms with Crippen molar-refractivity contribution in [3.05, 3.63) is 102 Å². The van der Waals surface area contributed by atoms with Gasteiger partial charge in [-0.1, -0.05) is 72.8 Å². The van der Waals surface area contributed by atoms with Crippen LogP contribution in [0.4, 0.5) is 0 Å². The van der Waals surface area contributed by atoms with Crippen molar-refractivity contribution in [1.29, 1.82) is 0 Å². The van der Waals surface area contributed by atoms with Gasteiger partial charge in [-0.25, -0.2) is 0 Å². The average Bonchev–Trinajstić information content (AvgIpc) is 2.69. The van der Waals surface area contributed by atoms with Crippen molar-refractivity contribution < 1.29 is 5.11 Å². The predicted octanol–water partition coefficient (Wildman–Crippen LogP) is 6.23. The molecular weight excluding hydrogens is 304 g/mol. The van der Waals surface area contributed by atoms with Crippen LogP contribution in [0, 0.1) is 0 Å². The molecule has 0 bridgehead atoms. The number of hydrogen-bond donors (Lipinski definition) is 1. The van der Waals surface area contributed by atoms with Crippen molar-refractivity contribution in [1.82, 2.24) is 0 Å². The van der Waals surface area contributed by atoms with E-state index >= 15 is 0 Å². The van der Waals surface area contributed by atoms with Crippen LogP contribution in [-0.4, -0.2) is 5.11 Å². The Labute approximate surface area is 150 Å². The van der Waals surface area contributed by atoms with Crippen LogP contribution in [0.1, 0.15) is 53.7 Å². The molecule has 1 N–H and O–H groups in total. The molecule has 1 aliphatic carbocycles. The average molecular weight is 328 g/mol. The molecule has 0 aromatic heterocycles. The lowest BCUT2D eigenvalue weighted by Crippen LogP contribution is -2.19. The summed E-state index contributed by atoms with van der Waals surface area (Å²) in [5.41, 5.74) is 4.25. The van der Waals surface area contributed by atoms with Gasteiger partial charge in [0.25, 0.3) is 0 Å². The smallest absolute Gasteiger partial charge is 0.115 e. The topological polar surface area (TPSA) is 20.2 Å². The van der Waals surface area contributed by atoms with Crippen LogP contribution < -0.4 is 0 Å². The molecule has 1 heteroatoms. The first-order chi connectivity index (χ1) is 12.3. The molecule has 2 unspecified atom stereocenters. The molecule has 1 saturated carbocycles. The minimum atomic E-state index is 0.346. The number of benzene rings is 3. The van der Waals surface area contributed by atoms with Gasteiger partial charge in [-0.3, -0.25) is 0 Å². The first-order valence-electron chi connectivity index (χ1n) is 9.18. The van der Waals surface area contributed by atoms with Crippen molar-refractivity contribution in [2.24, 2.45) is 0 Å². The van der Waals surface area contributed by atoms with Crippen LogP contribution in [0.15, 0.2) is 84.9 Å². The van der Waals surface area contributed by atoms with Crippen LogP contribution in [0.3, 0.4) is 0 Å². The molecule has 0 amide bonds. The lowest BCUT2D eigenvalue weighted by Gasteiger charge is -2.36. The fourth-order valence-corrected chi connectivity index (χ4v) is 4.33. The van der Waals surface area contributed by atoms with Gasteiger partial charge < -0.3 is 5.11 Å². The molecular formula is C24H24O. The lowest BCUT2D eigenvalue weighted by atomic mass is 9.68. The highest BCUT2D eigenvalue weighted by atomic mass is 16.3. The van der Waals surface area contributed by atoms with Crippen molar-refractivity contribution in [2.75, 3.05) is 0 Å². The summed E-state index contributed by atoms with van der Waals surface area (Å²) in [6, 6.07) is 29.7. The molecule has 0 radical (unpaired) electrons. The monoisotopic (exact) mass is 328 g/mol. The summed E-state index contributed by atoms with van der Waals surface area (Å²) in [7, 11) is 0. The van der Waals surface area contributed by atoms with Crippen LogP contribution in [0.2, 0.25) is 0 Å². The largest absolute Gasteiger partial charge is 0.508 e. The maximum atomic E-state index is 9.62. The lowest BCUT2D eigenvalue weighted by molar-refractivity contribution is 0.351. The van der Waals surface area contributed by atoms with Gasteiger partial charge in [-0.15, -0.1) is 0 Å². The van der Waals surface area contributed by atoms with Gasteiger partial charge in [0, 0.05) is 0 Å². The van der Waals surface area contributed by atoms with Crippen LogP contribution in [-0.2, 0) is 0 Å². The number of aromatic hydroxyl groups is 1. The van der Waals surface area contributed by atoms with E-state index in [2.05, 4.69) is 72.8 Å². The maximum absolute atomic E-state index is 9.62. The highest BCUT2D eigenvalue weighted by Crippen LogP contribution is 2.47. The van der Waals surface area contributed by atoms with Gasteiger partial charge in [0.2, 0.25) is 0 Å². The Morgan fingerprint density at radius 2 is 0.840 bits per heavy atom. The van der Waals surface area contributed by atoms with E-state index in [9.17, 15) is 5.11 Å². The highest BCUT2D eigenvalue weighted by Gasteiger charge is 2.31. The minimum absolute atomic E-state index is 0.346. The van der Waals surface area contributed by atoms with E-state index in [1.807, 2.05) is 12.1 Å². The minimum Gasteiger partial charge on any atom is -0.508 e. The van der Waals surface area contributed by atoms with Gasteiger partial charge in [0.15, 0.2) is 0 Å². The van der Waals surface area contributed by atoms with Gasteiger partial charge in [0.1, 0.15) is 5.75 Å². The number of rotatable bonds is 3. The molecule has 1 fully saturated rings. The molecule has 25 heavy (non-hydrogen) atoms. The first kappa shape index (κ1) is 16.0. The third kappa shape index (κ3) is 3.61. The van der Waals surface area contributed by atoms with E-state index in [0.717, 1.165) is 0 Å². The first-order valence-corrected chi connectivity index (χ1v) is 9.18. The molecule has 1 nitrogen and oxygen atoms in total. The molecule has 4 rings (SSSR count). The summed E-state index contributed by atoms with van der Waals surface area (Å²) in [5.74, 6) is 2.04. The number of phenolic OH excluding ortho intramolecular Hbond substituents is 1. The van der Waals surface area contributed by atoms with Crippen LogP contribution >= 0.6 is 0 Å². The van der Waals surface area contributed by atoms with Gasteiger partial charge in [-0.2, -0.15) is 0 Å². The van der Waals surface area contributed by atoms with E-state index in [0.29, 0.717) is 23.5 Å². The SMILES string of the molecule is Oc1ccc(C2CC(c3ccccc3)CC(c3ccccc3)C2)cc1. The number of hydrogen-bond acceptors (Lipinski definition) is 1. The Hall–Kier alpha value is -2.54. The summed E-state index contributed by atoms with van der Waals surface area (Å²) < 4.78 is 0. The van der Waals surface area contributed by atoms with Gasteiger partial charge in [0.05, 0.1) is 0 Å². The highest BCUT2D eigenvalue weighted by molar-refractivity contribution is 5.32. The summed E-state index contributed by atoms with van der Waals surface area (Å²) in [6.45, 7) is 0. The second-order valence-electron chi connectivity index (χ2n) is 7.21. The Kier molecular flexibility index (Phi) is 4.56. The van der Waals surface area contributed by atoms with Crippen molar-refractivity contribution in [3.63, 3.8) is 0 Å². The second kappa shape index (κ2) is 7.14. The molecule has 126 valence electrons. The Balaban J connectivity index is 1.66. The Morgan fingerprint density at radius 3 is 1.24 bits per heavy atom. The van der Waals surface area contributed by atoms with Crippen molar-refractivity contribution in [2.45, 2.75) is 37.0 Å². The van der Waals surface area contributed by atoms with Gasteiger partial charge >= 0.3 is 0 Å². The molecule has 3 aromatic carbocycles. The zero-order chi connectivity index (χ0) is 17.1. The third-order valence-corrected chi connectivity index (χ3v) is 5.61. The normalized spacial score (nSPS) is 23.3. The third-order valence-electron chi connectivity index (χ3n) is 5.61. The van der Waals surface area contributed by atoms with E-state index in [-0.39, 0.29) is 0 Å². The fraction of sp³-hybridized carbons (Fsp3) is 0.250. The summed E-state index contributed by atoms with van der Waals surface area (Å²) in [4.78, 5) is 0. The van der Waals surface area contributed by atoms with E-state index in [4.69, 9.17) is 0 Å². The molecule has 2 atom stereocenters. The van der Waals surface area contributed by atoms with E-state index < -0.39 is 0 Å². The van der Waals surface area contributed by atoms with Crippen molar-refractivity contribution in [3.8, 4) is 5.75 Å². The Bertz CT molecular complexity index is 745. The summed E-state index contributed by atoms with van der Waals surface area (Å²) >= 11 is 0. The molecule has 3 aromatic rings. The zero-order valence-corrected chi connectivity index (χ0v) is 14.4. The standard InChI is InChI=1S/C24H24O/c25-24-13-11-20(12-14-24)23-16-21(18-7-3-1-4-8-18)15-22(17-23)19-9-5-2-6-10-19/h1-14,21-23,25H,15-17H2. The summed E-state index contributed by atoms with van der Waals surface area (Å²) in [6.07, 6.45) is 3.57. The Morgan fingerprint density at radius 1 is 0.480 bits per heavy atom. The predicted molar refractivity (Wildman–Crippen MR) is 103 cm³/mol. The maximum Gasteiger partial charge on any atom is 0.115 e. The van der Waals surface area contributed by atoms with Crippen molar-refractivity contribution >= 4 is 0 Å². The van der Waals surface area contributed by atoms with Crippen LogP contribution in [0.25, 0.3) is 0 Å². The molecule has 1 aliphatic rings. The number of phenols is 1. The van der Waals surface area contributed by atoms with Gasteiger partial charge in [-0.05, 0) is 65.8 Å². The fourth-order valence-electron chi connectivity index (χ4n) is 4.33. The van der Waals surface area contributed by atoms with E-state index in [1.165, 1.54) is 36.0 Å². The van der Waals surface area contributed by atoms with E-state index in [1.54, 1.807) is 0 Å².